The molecule has 1 saturated heterocycles. The van der Waals surface area contributed by atoms with Crippen LogP contribution in [0, 0.1) is 0 Å². The minimum absolute atomic E-state index is 0.0225. The number of nitrogens with one attached hydrogen (secondary N) is 1. The molecule has 2 aliphatic heterocycles. The molecule has 1 aromatic rings. The number of nitrogens with zero attached hydrogens (tertiary/aromatic N) is 2. The van der Waals surface area contributed by atoms with E-state index >= 15 is 0 Å². The van der Waals surface area contributed by atoms with Crippen molar-refractivity contribution in [2.45, 2.75) is 25.4 Å². The van der Waals surface area contributed by atoms with Crippen LogP contribution in [0.1, 0.15) is 29.3 Å². The normalized spacial score (nSPS) is 22.0. The Morgan fingerprint density at radius 1 is 1.21 bits per heavy atom. The number of carbonyl (C=O) groups excluding carboxylic acids is 3. The first-order valence-corrected chi connectivity index (χ1v) is 10.0. The average Bonchev–Trinajstić information content (AvgIpc) is 2.71. The van der Waals surface area contributed by atoms with Gasteiger partial charge in [0.25, 0.3) is 5.91 Å². The minimum atomic E-state index is -1.19. The molecule has 0 aliphatic carbocycles. The molecule has 8 nitrogen and oxygen atoms in total. The van der Waals surface area contributed by atoms with Crippen molar-refractivity contribution in [3.63, 3.8) is 0 Å². The van der Waals surface area contributed by atoms with Gasteiger partial charge < -0.3 is 19.7 Å². The van der Waals surface area contributed by atoms with Crippen molar-refractivity contribution in [1.82, 2.24) is 15.1 Å². The molecule has 1 fully saturated rings. The zero-order chi connectivity index (χ0) is 20.9. The Bertz CT molecular complexity index is 760. The standard InChI is InChI=1S/C21H29N3O5/c1-21(14-16-6-3-4-7-17(16)19(26)29-21)20(27)24-11-9-23(10-12-24)15-18(25)22-8-5-13-28-2/h3-4,6-7H,5,8-15H2,1-2H3,(H,22,25). The largest absolute Gasteiger partial charge is 0.445 e. The molecule has 1 aromatic carbocycles. The van der Waals surface area contributed by atoms with Gasteiger partial charge in [0.05, 0.1) is 12.1 Å². The summed E-state index contributed by atoms with van der Waals surface area (Å²) in [6.45, 7) is 5.44. The van der Waals surface area contributed by atoms with Gasteiger partial charge in [-0.1, -0.05) is 18.2 Å². The van der Waals surface area contributed by atoms with Crippen molar-refractivity contribution in [3.05, 3.63) is 35.4 Å². The van der Waals surface area contributed by atoms with Crippen LogP contribution in [0.15, 0.2) is 24.3 Å². The SMILES string of the molecule is COCCCNC(=O)CN1CCN(C(=O)C2(C)Cc3ccccc3C(=O)O2)CC1. The Hall–Kier alpha value is -2.45. The topological polar surface area (TPSA) is 88.2 Å². The first kappa shape index (κ1) is 21.3. The molecule has 2 amide bonds. The Labute approximate surface area is 171 Å². The molecule has 1 atom stereocenters. The summed E-state index contributed by atoms with van der Waals surface area (Å²) in [5.74, 6) is -0.652. The van der Waals surface area contributed by atoms with Crippen LogP contribution >= 0.6 is 0 Å². The van der Waals surface area contributed by atoms with Crippen LogP contribution in [0.5, 0.6) is 0 Å². The van der Waals surface area contributed by atoms with E-state index in [1.54, 1.807) is 31.1 Å². The van der Waals surface area contributed by atoms with E-state index in [1.165, 1.54) is 0 Å². The molecule has 1 unspecified atom stereocenters. The predicted octanol–water partition coefficient (Wildman–Crippen LogP) is 0.455. The molecule has 1 N–H and O–H groups in total. The first-order valence-electron chi connectivity index (χ1n) is 10.0. The van der Waals surface area contributed by atoms with Crippen LogP contribution in [0.3, 0.4) is 0 Å². The average molecular weight is 403 g/mol. The lowest BCUT2D eigenvalue weighted by Crippen LogP contribution is -2.58. The van der Waals surface area contributed by atoms with E-state index in [0.717, 1.165) is 12.0 Å². The molecule has 158 valence electrons. The number of benzene rings is 1. The number of ether oxygens (including phenoxy) is 2. The summed E-state index contributed by atoms with van der Waals surface area (Å²) in [6, 6.07) is 7.24. The number of hydrogen-bond acceptors (Lipinski definition) is 6. The van der Waals surface area contributed by atoms with Gasteiger partial charge in [0.1, 0.15) is 0 Å². The molecule has 3 rings (SSSR count). The van der Waals surface area contributed by atoms with Crippen LogP contribution < -0.4 is 5.32 Å². The lowest BCUT2D eigenvalue weighted by atomic mass is 9.88. The van der Waals surface area contributed by atoms with E-state index in [9.17, 15) is 14.4 Å². The van der Waals surface area contributed by atoms with E-state index < -0.39 is 11.6 Å². The summed E-state index contributed by atoms with van der Waals surface area (Å²) in [5.41, 5.74) is 0.175. The Balaban J connectivity index is 1.50. The fourth-order valence-corrected chi connectivity index (χ4v) is 3.80. The molecule has 29 heavy (non-hydrogen) atoms. The Kier molecular flexibility index (Phi) is 6.87. The maximum atomic E-state index is 13.1. The van der Waals surface area contributed by atoms with E-state index in [2.05, 4.69) is 5.32 Å². The van der Waals surface area contributed by atoms with Crippen LogP contribution in [0.4, 0.5) is 0 Å². The maximum Gasteiger partial charge on any atom is 0.339 e. The highest BCUT2D eigenvalue weighted by Gasteiger charge is 2.45. The van der Waals surface area contributed by atoms with Crippen molar-refractivity contribution in [1.29, 1.82) is 0 Å². The van der Waals surface area contributed by atoms with Gasteiger partial charge in [-0.2, -0.15) is 0 Å². The highest BCUT2D eigenvalue weighted by atomic mass is 16.6. The number of piperazine rings is 1. The van der Waals surface area contributed by atoms with Crippen molar-refractivity contribution < 1.29 is 23.9 Å². The summed E-state index contributed by atoms with van der Waals surface area (Å²) >= 11 is 0. The smallest absolute Gasteiger partial charge is 0.339 e. The molecule has 0 spiro atoms. The van der Waals surface area contributed by atoms with Crippen molar-refractivity contribution in [3.8, 4) is 0 Å². The third-order valence-electron chi connectivity index (χ3n) is 5.41. The minimum Gasteiger partial charge on any atom is -0.445 e. The third-order valence-corrected chi connectivity index (χ3v) is 5.41. The second kappa shape index (κ2) is 9.37. The number of methoxy groups -OCH3 is 1. The van der Waals surface area contributed by atoms with E-state index in [-0.39, 0.29) is 11.8 Å². The van der Waals surface area contributed by atoms with Crippen LogP contribution in [-0.2, 0) is 25.5 Å². The predicted molar refractivity (Wildman–Crippen MR) is 106 cm³/mol. The maximum absolute atomic E-state index is 13.1. The number of amides is 2. The highest BCUT2D eigenvalue weighted by molar-refractivity contribution is 5.97. The molecule has 0 saturated carbocycles. The molecular weight excluding hydrogens is 374 g/mol. The van der Waals surface area contributed by atoms with Crippen molar-refractivity contribution in [2.24, 2.45) is 0 Å². The Morgan fingerprint density at radius 3 is 2.66 bits per heavy atom. The number of hydrogen-bond donors (Lipinski definition) is 1. The van der Waals surface area contributed by atoms with Gasteiger partial charge >= 0.3 is 5.97 Å². The van der Waals surface area contributed by atoms with Gasteiger partial charge in [-0.25, -0.2) is 4.79 Å². The van der Waals surface area contributed by atoms with Gasteiger partial charge in [-0.05, 0) is 25.0 Å². The van der Waals surface area contributed by atoms with E-state index in [4.69, 9.17) is 9.47 Å². The van der Waals surface area contributed by atoms with Crippen LogP contribution in [-0.4, -0.2) is 86.2 Å². The van der Waals surface area contributed by atoms with Crippen LogP contribution in [0.2, 0.25) is 0 Å². The second-order valence-electron chi connectivity index (χ2n) is 7.72. The van der Waals surface area contributed by atoms with Gasteiger partial charge in [-0.3, -0.25) is 14.5 Å². The van der Waals surface area contributed by atoms with Crippen molar-refractivity contribution >= 4 is 17.8 Å². The molecule has 0 bridgehead atoms. The summed E-state index contributed by atoms with van der Waals surface area (Å²) < 4.78 is 10.5. The summed E-state index contributed by atoms with van der Waals surface area (Å²) in [5, 5.41) is 2.87. The molecule has 0 aromatic heterocycles. The number of esters is 1. The van der Waals surface area contributed by atoms with Gasteiger partial charge in [0, 0.05) is 52.9 Å². The Morgan fingerprint density at radius 2 is 1.93 bits per heavy atom. The quantitative estimate of drug-likeness (QED) is 0.526. The number of cyclic esters (lactones) is 1. The summed E-state index contributed by atoms with van der Waals surface area (Å²) in [6.07, 6.45) is 1.16. The molecule has 0 radical (unpaired) electrons. The van der Waals surface area contributed by atoms with Gasteiger partial charge in [0.2, 0.25) is 5.91 Å². The zero-order valence-electron chi connectivity index (χ0n) is 17.1. The van der Waals surface area contributed by atoms with Crippen LogP contribution in [0.25, 0.3) is 0 Å². The zero-order valence-corrected chi connectivity index (χ0v) is 17.1. The molecule has 8 heteroatoms. The second-order valence-corrected chi connectivity index (χ2v) is 7.72. The van der Waals surface area contributed by atoms with E-state index in [1.807, 2.05) is 17.0 Å². The lowest BCUT2D eigenvalue weighted by Gasteiger charge is -2.40. The highest BCUT2D eigenvalue weighted by Crippen LogP contribution is 2.30. The number of carbonyl (C=O) groups is 3. The molecule has 2 aliphatic rings. The van der Waals surface area contributed by atoms with Crippen molar-refractivity contribution in [2.75, 3.05) is 53.0 Å². The summed E-state index contributed by atoms with van der Waals surface area (Å²) in [7, 11) is 1.63. The monoisotopic (exact) mass is 403 g/mol. The third kappa shape index (κ3) is 5.13. The lowest BCUT2D eigenvalue weighted by molar-refractivity contribution is -0.153. The van der Waals surface area contributed by atoms with Gasteiger partial charge in [0.15, 0.2) is 5.60 Å². The molecular formula is C21H29N3O5. The fraction of sp³-hybridized carbons (Fsp3) is 0.571. The fourth-order valence-electron chi connectivity index (χ4n) is 3.80. The number of fused-ring (bicyclic) bond motifs is 1. The summed E-state index contributed by atoms with van der Waals surface area (Å²) in [4.78, 5) is 41.2. The molecule has 2 heterocycles. The first-order chi connectivity index (χ1) is 13.9. The number of rotatable bonds is 7. The van der Waals surface area contributed by atoms with E-state index in [0.29, 0.717) is 57.9 Å². The van der Waals surface area contributed by atoms with Gasteiger partial charge in [-0.15, -0.1) is 0 Å².